The van der Waals surface area contributed by atoms with Crippen LogP contribution in [0.3, 0.4) is 0 Å². The van der Waals surface area contributed by atoms with E-state index >= 15 is 0 Å². The van der Waals surface area contributed by atoms with Gasteiger partial charge in [0.05, 0.1) is 19.3 Å². The van der Waals surface area contributed by atoms with Crippen molar-refractivity contribution in [3.05, 3.63) is 102 Å². The second-order valence-electron chi connectivity index (χ2n) is 8.79. The number of hydrogen-bond donors (Lipinski definition) is 0. The molecule has 176 valence electrons. The molecule has 2 aliphatic heterocycles. The predicted molar refractivity (Wildman–Crippen MR) is 132 cm³/mol. The molecule has 2 fully saturated rings. The topological polar surface area (TPSA) is 48.0 Å². The number of benzene rings is 3. The third-order valence-corrected chi connectivity index (χ3v) is 7.61. The Morgan fingerprint density at radius 3 is 2.18 bits per heavy atom. The number of fused-ring (bicyclic) bond motifs is 1. The summed E-state index contributed by atoms with van der Waals surface area (Å²) >= 11 is 1.64. The molecule has 2 unspecified atom stereocenters. The van der Waals surface area contributed by atoms with Gasteiger partial charge in [-0.15, -0.1) is 0 Å². The first-order valence-corrected chi connectivity index (χ1v) is 12.6. The van der Waals surface area contributed by atoms with Gasteiger partial charge in [-0.1, -0.05) is 97.5 Å². The smallest absolute Gasteiger partial charge is 0.410 e. The van der Waals surface area contributed by atoms with E-state index < -0.39 is 0 Å². The van der Waals surface area contributed by atoms with Gasteiger partial charge >= 0.3 is 6.09 Å². The van der Waals surface area contributed by atoms with Gasteiger partial charge in [0.1, 0.15) is 17.6 Å². The average Bonchev–Trinajstić information content (AvgIpc) is 3.20. The molecule has 0 spiro atoms. The third kappa shape index (κ3) is 5.14. The molecule has 0 aliphatic carbocycles. The first kappa shape index (κ1) is 23.0. The molecule has 5 atom stereocenters. The fraction of sp³-hybridized carbons (Fsp3) is 0.321. The van der Waals surface area contributed by atoms with Crippen molar-refractivity contribution in [3.8, 4) is 0 Å². The molecule has 2 heterocycles. The highest BCUT2D eigenvalue weighted by Gasteiger charge is 2.54. The van der Waals surface area contributed by atoms with E-state index in [1.54, 1.807) is 11.8 Å². The van der Waals surface area contributed by atoms with Gasteiger partial charge in [-0.3, -0.25) is 4.90 Å². The van der Waals surface area contributed by atoms with E-state index in [4.69, 9.17) is 14.2 Å². The van der Waals surface area contributed by atoms with Gasteiger partial charge in [-0.25, -0.2) is 4.79 Å². The molecule has 3 aromatic carbocycles. The first-order chi connectivity index (χ1) is 16.7. The highest BCUT2D eigenvalue weighted by atomic mass is 32.2. The van der Waals surface area contributed by atoms with Crippen LogP contribution in [0.4, 0.5) is 4.79 Å². The van der Waals surface area contributed by atoms with E-state index in [0.717, 1.165) is 16.0 Å². The number of carbonyl (C=O) groups is 1. The fourth-order valence-corrected chi connectivity index (χ4v) is 5.82. The highest BCUT2D eigenvalue weighted by molar-refractivity contribution is 7.99. The lowest BCUT2D eigenvalue weighted by Crippen LogP contribution is -2.56. The van der Waals surface area contributed by atoms with Crippen molar-refractivity contribution < 1.29 is 19.0 Å². The van der Waals surface area contributed by atoms with Crippen LogP contribution in [0.15, 0.2) is 95.9 Å². The van der Waals surface area contributed by atoms with E-state index in [1.165, 1.54) is 0 Å². The van der Waals surface area contributed by atoms with Crippen LogP contribution in [0.5, 0.6) is 0 Å². The molecule has 0 saturated carbocycles. The summed E-state index contributed by atoms with van der Waals surface area (Å²) in [6.07, 6.45) is -0.703. The fourth-order valence-electron chi connectivity index (χ4n) is 4.60. The largest absolute Gasteiger partial charge is 0.443 e. The molecule has 2 aliphatic rings. The van der Waals surface area contributed by atoms with Gasteiger partial charge in [0, 0.05) is 17.4 Å². The summed E-state index contributed by atoms with van der Waals surface area (Å²) in [6, 6.07) is 30.1. The minimum atomic E-state index is -0.279. The van der Waals surface area contributed by atoms with Crippen LogP contribution in [-0.4, -0.2) is 41.3 Å². The molecule has 2 saturated heterocycles. The van der Waals surface area contributed by atoms with Crippen molar-refractivity contribution in [1.82, 2.24) is 4.90 Å². The number of hydrogen-bond acceptors (Lipinski definition) is 5. The molecule has 6 heteroatoms. The lowest BCUT2D eigenvalue weighted by molar-refractivity contribution is -0.134. The van der Waals surface area contributed by atoms with E-state index in [-0.39, 0.29) is 35.7 Å². The van der Waals surface area contributed by atoms with E-state index in [9.17, 15) is 4.79 Å². The minimum Gasteiger partial charge on any atom is -0.443 e. The molecule has 5 rings (SSSR count). The normalized spacial score (nSPS) is 26.2. The Labute approximate surface area is 205 Å². The Morgan fingerprint density at radius 1 is 0.882 bits per heavy atom. The summed E-state index contributed by atoms with van der Waals surface area (Å²) in [5.74, 6) is 0.0121. The summed E-state index contributed by atoms with van der Waals surface area (Å²) < 4.78 is 18.6. The number of rotatable bonds is 8. The lowest BCUT2D eigenvalue weighted by atomic mass is 9.90. The summed E-state index contributed by atoms with van der Waals surface area (Å²) in [5.41, 5.74) is 1.94. The van der Waals surface area contributed by atoms with Gasteiger partial charge in [-0.05, 0) is 23.3 Å². The molecule has 0 radical (unpaired) electrons. The SMILES string of the molecule is C[C@@H]1C(COCc2ccccc2)O[C@H](Sc2ccccc2)C2[C@H]1OC(=O)N2Cc1ccccc1. The zero-order valence-corrected chi connectivity index (χ0v) is 20.0. The summed E-state index contributed by atoms with van der Waals surface area (Å²) in [6.45, 7) is 3.56. The monoisotopic (exact) mass is 475 g/mol. The van der Waals surface area contributed by atoms with Crippen LogP contribution >= 0.6 is 11.8 Å². The Balaban J connectivity index is 1.35. The van der Waals surface area contributed by atoms with Gasteiger partial charge in [0.15, 0.2) is 0 Å². The molecular formula is C28H29NO4S. The third-order valence-electron chi connectivity index (χ3n) is 6.45. The average molecular weight is 476 g/mol. The van der Waals surface area contributed by atoms with Gasteiger partial charge in [0.25, 0.3) is 0 Å². The Hall–Kier alpha value is -2.80. The van der Waals surface area contributed by atoms with Crippen LogP contribution in [0, 0.1) is 5.92 Å². The highest BCUT2D eigenvalue weighted by Crippen LogP contribution is 2.43. The van der Waals surface area contributed by atoms with Gasteiger partial charge in [0.2, 0.25) is 0 Å². The molecular weight excluding hydrogens is 446 g/mol. The first-order valence-electron chi connectivity index (χ1n) is 11.7. The van der Waals surface area contributed by atoms with Crippen LogP contribution in [0.25, 0.3) is 0 Å². The molecule has 0 N–H and O–H groups in total. The van der Waals surface area contributed by atoms with Crippen molar-refractivity contribution in [1.29, 1.82) is 0 Å². The van der Waals surface area contributed by atoms with Crippen molar-refractivity contribution in [2.75, 3.05) is 6.61 Å². The minimum absolute atomic E-state index is 0.0121. The summed E-state index contributed by atoms with van der Waals surface area (Å²) in [4.78, 5) is 15.9. The maximum atomic E-state index is 13.0. The summed E-state index contributed by atoms with van der Waals surface area (Å²) in [5, 5.41) is 0. The molecule has 0 bridgehead atoms. The Morgan fingerprint density at radius 2 is 1.50 bits per heavy atom. The zero-order chi connectivity index (χ0) is 23.3. The quantitative estimate of drug-likeness (QED) is 0.415. The maximum absolute atomic E-state index is 13.0. The molecule has 5 nitrogen and oxygen atoms in total. The molecule has 0 aromatic heterocycles. The van der Waals surface area contributed by atoms with Gasteiger partial charge in [-0.2, -0.15) is 0 Å². The molecule has 34 heavy (non-hydrogen) atoms. The Kier molecular flexibility index (Phi) is 7.19. The van der Waals surface area contributed by atoms with Crippen molar-refractivity contribution in [2.45, 2.75) is 48.7 Å². The number of thioether (sulfide) groups is 1. The second kappa shape index (κ2) is 10.6. The zero-order valence-electron chi connectivity index (χ0n) is 19.2. The maximum Gasteiger partial charge on any atom is 0.410 e. The van der Waals surface area contributed by atoms with Crippen LogP contribution in [-0.2, 0) is 27.4 Å². The van der Waals surface area contributed by atoms with Crippen LogP contribution in [0.1, 0.15) is 18.1 Å². The van der Waals surface area contributed by atoms with Crippen molar-refractivity contribution >= 4 is 17.9 Å². The second-order valence-corrected chi connectivity index (χ2v) is 9.96. The lowest BCUT2D eigenvalue weighted by Gasteiger charge is -2.42. The predicted octanol–water partition coefficient (Wildman–Crippen LogP) is 5.75. The number of nitrogens with zero attached hydrogens (tertiary/aromatic N) is 1. The molecule has 3 aromatic rings. The number of ether oxygens (including phenoxy) is 3. The standard InChI is InChI=1S/C28H29NO4S/c1-20-24(19-31-18-22-13-7-3-8-14-22)32-27(34-23-15-9-4-10-16-23)25-26(20)33-28(30)29(25)17-21-11-5-2-6-12-21/h2-16,20,24-27H,17-19H2,1H3/t20-,24?,25?,26+,27-/m1/s1. The van der Waals surface area contributed by atoms with Crippen LogP contribution in [0.2, 0.25) is 0 Å². The van der Waals surface area contributed by atoms with E-state index in [1.807, 2.05) is 71.6 Å². The number of amides is 1. The van der Waals surface area contributed by atoms with Crippen LogP contribution < -0.4 is 0 Å². The van der Waals surface area contributed by atoms with E-state index in [2.05, 4.69) is 31.2 Å². The number of carbonyl (C=O) groups excluding carboxylic acids is 1. The van der Waals surface area contributed by atoms with Crippen molar-refractivity contribution in [3.63, 3.8) is 0 Å². The molecule has 1 amide bonds. The van der Waals surface area contributed by atoms with Crippen molar-refractivity contribution in [2.24, 2.45) is 5.92 Å². The summed E-state index contributed by atoms with van der Waals surface area (Å²) in [7, 11) is 0. The van der Waals surface area contributed by atoms with Gasteiger partial charge < -0.3 is 14.2 Å². The Bertz CT molecular complexity index is 1070. The van der Waals surface area contributed by atoms with E-state index in [0.29, 0.717) is 19.8 Å².